The van der Waals surface area contributed by atoms with Crippen molar-refractivity contribution in [3.05, 3.63) is 29.3 Å². The molecule has 0 atom stereocenters. The number of ether oxygens (including phenoxy) is 1. The monoisotopic (exact) mass is 263 g/mol. The molecule has 2 amide bonds. The minimum absolute atomic E-state index is 0.119. The summed E-state index contributed by atoms with van der Waals surface area (Å²) in [7, 11) is 0. The second kappa shape index (κ2) is 5.60. The summed E-state index contributed by atoms with van der Waals surface area (Å²) in [5.74, 6) is -0.458. The normalized spacial score (nSPS) is 14.4. The molecule has 0 spiro atoms. The molecule has 6 heteroatoms. The maximum absolute atomic E-state index is 11.9. The molecule has 19 heavy (non-hydrogen) atoms. The van der Waals surface area contributed by atoms with Crippen LogP contribution in [-0.4, -0.2) is 43.1 Å². The number of carbonyl (C=O) groups is 2. The largest absolute Gasteiger partial charge is 0.460 e. The molecular weight excluding hydrogens is 246 g/mol. The van der Waals surface area contributed by atoms with Gasteiger partial charge in [-0.05, 0) is 18.6 Å². The third-order valence-electron chi connectivity index (χ3n) is 3.08. The molecular formula is C13H17N3O3. The molecule has 102 valence electrons. The third kappa shape index (κ3) is 2.96. The Bertz CT molecular complexity index is 502. The summed E-state index contributed by atoms with van der Waals surface area (Å²) in [6.07, 6.45) is 0. The number of amides is 2. The Kier molecular flexibility index (Phi) is 3.89. The van der Waals surface area contributed by atoms with Crippen molar-refractivity contribution in [1.29, 1.82) is 0 Å². The minimum Gasteiger partial charge on any atom is -0.460 e. The predicted octanol–water partition coefficient (Wildman–Crippen LogP) is 0.759. The van der Waals surface area contributed by atoms with Crippen LogP contribution in [0.15, 0.2) is 18.2 Å². The lowest BCUT2D eigenvalue weighted by Crippen LogP contribution is -2.31. The van der Waals surface area contributed by atoms with Gasteiger partial charge in [-0.15, -0.1) is 0 Å². The van der Waals surface area contributed by atoms with E-state index in [-0.39, 0.29) is 12.6 Å². The average molecular weight is 263 g/mol. The maximum atomic E-state index is 11.9. The fourth-order valence-electron chi connectivity index (χ4n) is 1.91. The number of carbonyl (C=O) groups excluding carboxylic acids is 2. The second-order valence-corrected chi connectivity index (χ2v) is 4.39. The van der Waals surface area contributed by atoms with E-state index in [0.29, 0.717) is 30.9 Å². The molecule has 2 rings (SSSR count). The van der Waals surface area contributed by atoms with Gasteiger partial charge in [0.15, 0.2) is 0 Å². The zero-order chi connectivity index (χ0) is 13.8. The van der Waals surface area contributed by atoms with E-state index in [4.69, 9.17) is 10.5 Å². The number of hydrogen-bond donors (Lipinski definition) is 2. The summed E-state index contributed by atoms with van der Waals surface area (Å²) < 4.78 is 5.13. The summed E-state index contributed by atoms with van der Waals surface area (Å²) in [5, 5.41) is 2.68. The smallest absolute Gasteiger partial charge is 0.340 e. The van der Waals surface area contributed by atoms with Gasteiger partial charge in [0.05, 0.1) is 12.1 Å². The van der Waals surface area contributed by atoms with Crippen molar-refractivity contribution in [2.24, 2.45) is 0 Å². The maximum Gasteiger partial charge on any atom is 0.340 e. The Balaban J connectivity index is 1.87. The van der Waals surface area contributed by atoms with Gasteiger partial charge < -0.3 is 20.7 Å². The molecule has 1 saturated heterocycles. The minimum atomic E-state index is -0.458. The van der Waals surface area contributed by atoms with E-state index in [1.54, 1.807) is 17.0 Å². The van der Waals surface area contributed by atoms with Crippen molar-refractivity contribution >= 4 is 17.7 Å². The SMILES string of the molecule is Cc1cccc(C(=O)OCCN2CCNC2=O)c1N. The summed E-state index contributed by atoms with van der Waals surface area (Å²) in [6.45, 7) is 3.67. The van der Waals surface area contributed by atoms with Gasteiger partial charge in [0.2, 0.25) is 0 Å². The quantitative estimate of drug-likeness (QED) is 0.620. The number of urea groups is 1. The summed E-state index contributed by atoms with van der Waals surface area (Å²) in [4.78, 5) is 24.7. The molecule has 1 aromatic carbocycles. The average Bonchev–Trinajstić information content (AvgIpc) is 2.78. The molecule has 1 aliphatic heterocycles. The first kappa shape index (κ1) is 13.2. The molecule has 0 unspecified atom stereocenters. The number of anilines is 1. The Hall–Kier alpha value is -2.24. The first-order chi connectivity index (χ1) is 9.09. The zero-order valence-electron chi connectivity index (χ0n) is 10.8. The van der Waals surface area contributed by atoms with Crippen LogP contribution in [0.2, 0.25) is 0 Å². The number of nitrogens with two attached hydrogens (primary N) is 1. The highest BCUT2D eigenvalue weighted by atomic mass is 16.5. The number of nitrogen functional groups attached to an aromatic ring is 1. The van der Waals surface area contributed by atoms with E-state index in [0.717, 1.165) is 5.56 Å². The Morgan fingerprint density at radius 2 is 2.32 bits per heavy atom. The number of rotatable bonds is 4. The van der Waals surface area contributed by atoms with Gasteiger partial charge in [-0.2, -0.15) is 0 Å². The molecule has 1 aromatic rings. The Labute approximate surface area is 111 Å². The van der Waals surface area contributed by atoms with Gasteiger partial charge in [0.1, 0.15) is 6.61 Å². The predicted molar refractivity (Wildman–Crippen MR) is 70.8 cm³/mol. The number of para-hydroxylation sites is 1. The second-order valence-electron chi connectivity index (χ2n) is 4.39. The highest BCUT2D eigenvalue weighted by Crippen LogP contribution is 2.17. The fourth-order valence-corrected chi connectivity index (χ4v) is 1.91. The van der Waals surface area contributed by atoms with Crippen molar-refractivity contribution in [1.82, 2.24) is 10.2 Å². The molecule has 0 aliphatic carbocycles. The lowest BCUT2D eigenvalue weighted by atomic mass is 10.1. The van der Waals surface area contributed by atoms with Crippen molar-refractivity contribution in [3.8, 4) is 0 Å². The van der Waals surface area contributed by atoms with Crippen molar-refractivity contribution in [2.75, 3.05) is 32.0 Å². The van der Waals surface area contributed by atoms with E-state index in [9.17, 15) is 9.59 Å². The van der Waals surface area contributed by atoms with Crippen LogP contribution in [0.4, 0.5) is 10.5 Å². The Morgan fingerprint density at radius 3 is 3.00 bits per heavy atom. The van der Waals surface area contributed by atoms with Gasteiger partial charge in [0.25, 0.3) is 0 Å². The van der Waals surface area contributed by atoms with Crippen LogP contribution < -0.4 is 11.1 Å². The molecule has 0 aromatic heterocycles. The first-order valence-corrected chi connectivity index (χ1v) is 6.14. The number of nitrogens with zero attached hydrogens (tertiary/aromatic N) is 1. The lowest BCUT2D eigenvalue weighted by molar-refractivity contribution is 0.0482. The number of esters is 1. The standard InChI is InChI=1S/C13H17N3O3/c1-9-3-2-4-10(11(9)14)12(17)19-8-7-16-6-5-15-13(16)18/h2-4H,5-8,14H2,1H3,(H,15,18). The third-order valence-corrected chi connectivity index (χ3v) is 3.08. The molecule has 0 radical (unpaired) electrons. The molecule has 0 bridgehead atoms. The van der Waals surface area contributed by atoms with E-state index in [1.807, 2.05) is 13.0 Å². The van der Waals surface area contributed by atoms with Crippen LogP contribution in [-0.2, 0) is 4.74 Å². The number of nitrogens with one attached hydrogen (secondary N) is 1. The zero-order valence-corrected chi connectivity index (χ0v) is 10.8. The molecule has 3 N–H and O–H groups in total. The topological polar surface area (TPSA) is 84.7 Å². The van der Waals surface area contributed by atoms with Crippen LogP contribution in [0, 0.1) is 6.92 Å². The van der Waals surface area contributed by atoms with Crippen LogP contribution >= 0.6 is 0 Å². The molecule has 1 fully saturated rings. The van der Waals surface area contributed by atoms with Crippen LogP contribution in [0.1, 0.15) is 15.9 Å². The van der Waals surface area contributed by atoms with Gasteiger partial charge in [-0.1, -0.05) is 12.1 Å². The van der Waals surface area contributed by atoms with Crippen molar-refractivity contribution < 1.29 is 14.3 Å². The van der Waals surface area contributed by atoms with Crippen molar-refractivity contribution in [3.63, 3.8) is 0 Å². The van der Waals surface area contributed by atoms with Gasteiger partial charge >= 0.3 is 12.0 Å². The van der Waals surface area contributed by atoms with Crippen LogP contribution in [0.25, 0.3) is 0 Å². The van der Waals surface area contributed by atoms with Crippen LogP contribution in [0.5, 0.6) is 0 Å². The molecule has 6 nitrogen and oxygen atoms in total. The molecule has 1 heterocycles. The van der Waals surface area contributed by atoms with E-state index < -0.39 is 5.97 Å². The highest BCUT2D eigenvalue weighted by molar-refractivity contribution is 5.95. The summed E-state index contributed by atoms with van der Waals surface area (Å²) in [5.41, 5.74) is 7.47. The Morgan fingerprint density at radius 1 is 1.53 bits per heavy atom. The van der Waals surface area contributed by atoms with Crippen LogP contribution in [0.3, 0.4) is 0 Å². The summed E-state index contributed by atoms with van der Waals surface area (Å²) >= 11 is 0. The van der Waals surface area contributed by atoms with E-state index in [2.05, 4.69) is 5.32 Å². The lowest BCUT2D eigenvalue weighted by Gasteiger charge is -2.14. The number of aryl methyl sites for hydroxylation is 1. The van der Waals surface area contributed by atoms with E-state index >= 15 is 0 Å². The summed E-state index contributed by atoms with van der Waals surface area (Å²) in [6, 6.07) is 5.11. The van der Waals surface area contributed by atoms with Gasteiger partial charge in [-0.3, -0.25) is 0 Å². The molecule has 1 aliphatic rings. The van der Waals surface area contributed by atoms with E-state index in [1.165, 1.54) is 0 Å². The van der Waals surface area contributed by atoms with Gasteiger partial charge in [0, 0.05) is 18.8 Å². The first-order valence-electron chi connectivity index (χ1n) is 6.14. The van der Waals surface area contributed by atoms with Crippen molar-refractivity contribution in [2.45, 2.75) is 6.92 Å². The number of benzene rings is 1. The number of hydrogen-bond acceptors (Lipinski definition) is 4. The van der Waals surface area contributed by atoms with Gasteiger partial charge in [-0.25, -0.2) is 9.59 Å². The molecule has 0 saturated carbocycles. The highest BCUT2D eigenvalue weighted by Gasteiger charge is 2.19. The fraction of sp³-hybridized carbons (Fsp3) is 0.385.